The summed E-state index contributed by atoms with van der Waals surface area (Å²) in [4.78, 5) is 12.6. The molecule has 0 saturated carbocycles. The van der Waals surface area contributed by atoms with Crippen molar-refractivity contribution < 1.29 is 24.1 Å². The molecule has 1 amide bonds. The van der Waals surface area contributed by atoms with Gasteiger partial charge in [0.05, 0.1) is 38.2 Å². The van der Waals surface area contributed by atoms with Crippen molar-refractivity contribution in [2.24, 2.45) is 5.10 Å². The molecule has 0 aliphatic carbocycles. The Labute approximate surface area is 168 Å². The number of methoxy groups -OCH3 is 3. The highest BCUT2D eigenvalue weighted by Crippen LogP contribution is 2.34. The molecular weight excluding hydrogens is 372 g/mol. The van der Waals surface area contributed by atoms with Crippen LogP contribution in [0.5, 0.6) is 23.0 Å². The Hall–Kier alpha value is -3.74. The van der Waals surface area contributed by atoms with Crippen LogP contribution in [0, 0.1) is 0 Å². The number of nitrogens with zero attached hydrogens (tertiary/aromatic N) is 1. The highest BCUT2D eigenvalue weighted by molar-refractivity contribution is 6.06. The molecule has 0 unspecified atom stereocenters. The Morgan fingerprint density at radius 2 is 1.52 bits per heavy atom. The van der Waals surface area contributed by atoms with Gasteiger partial charge in [-0.3, -0.25) is 4.79 Å². The van der Waals surface area contributed by atoms with Gasteiger partial charge in [-0.25, -0.2) is 5.43 Å². The predicted octanol–water partition coefficient (Wildman–Crippen LogP) is 3.73. The quantitative estimate of drug-likeness (QED) is 0.491. The summed E-state index contributed by atoms with van der Waals surface area (Å²) in [7, 11) is 4.60. The number of ether oxygens (including phenoxy) is 3. The standard InChI is InChI=1S/C22H22N2O5/c1-13(21-19(28-3)11-16(27-2)12-20(21)29-4)23-24-22(26)17-9-14-7-5-6-8-15(14)10-18(17)25/h5-12,25H,1-4H3,(H,24,26)/b23-13+. The molecule has 0 bridgehead atoms. The first-order chi connectivity index (χ1) is 14.0. The van der Waals surface area contributed by atoms with E-state index >= 15 is 0 Å². The molecule has 0 atom stereocenters. The van der Waals surface area contributed by atoms with Gasteiger partial charge in [0.2, 0.25) is 0 Å². The molecule has 2 N–H and O–H groups in total. The summed E-state index contributed by atoms with van der Waals surface area (Å²) in [6.45, 7) is 1.72. The van der Waals surface area contributed by atoms with Gasteiger partial charge in [0, 0.05) is 12.1 Å². The number of aromatic hydroxyl groups is 1. The van der Waals surface area contributed by atoms with Gasteiger partial charge >= 0.3 is 0 Å². The third-order valence-corrected chi connectivity index (χ3v) is 4.51. The summed E-state index contributed by atoms with van der Waals surface area (Å²) >= 11 is 0. The van der Waals surface area contributed by atoms with Gasteiger partial charge in [-0.05, 0) is 29.8 Å². The zero-order valence-electron chi connectivity index (χ0n) is 16.6. The van der Waals surface area contributed by atoms with Crippen molar-refractivity contribution >= 4 is 22.4 Å². The van der Waals surface area contributed by atoms with E-state index in [9.17, 15) is 9.90 Å². The van der Waals surface area contributed by atoms with E-state index in [0.717, 1.165) is 10.8 Å². The number of phenols is 1. The molecule has 0 saturated heterocycles. The van der Waals surface area contributed by atoms with Gasteiger partial charge < -0.3 is 19.3 Å². The van der Waals surface area contributed by atoms with Crippen molar-refractivity contribution in [1.82, 2.24) is 5.43 Å². The first-order valence-corrected chi connectivity index (χ1v) is 8.85. The molecule has 0 aliphatic heterocycles. The van der Waals surface area contributed by atoms with E-state index in [0.29, 0.717) is 28.5 Å². The molecule has 150 valence electrons. The number of amides is 1. The first kappa shape index (κ1) is 20.0. The van der Waals surface area contributed by atoms with Crippen molar-refractivity contribution in [1.29, 1.82) is 0 Å². The van der Waals surface area contributed by atoms with Crippen LogP contribution in [-0.4, -0.2) is 38.1 Å². The van der Waals surface area contributed by atoms with Gasteiger partial charge in [0.15, 0.2) is 0 Å². The minimum atomic E-state index is -0.529. The van der Waals surface area contributed by atoms with Crippen molar-refractivity contribution in [3.05, 3.63) is 59.7 Å². The smallest absolute Gasteiger partial charge is 0.275 e. The fourth-order valence-electron chi connectivity index (χ4n) is 3.02. The summed E-state index contributed by atoms with van der Waals surface area (Å²) in [6.07, 6.45) is 0. The highest BCUT2D eigenvalue weighted by atomic mass is 16.5. The predicted molar refractivity (Wildman–Crippen MR) is 111 cm³/mol. The van der Waals surface area contributed by atoms with Crippen LogP contribution in [0.1, 0.15) is 22.8 Å². The van der Waals surface area contributed by atoms with Crippen LogP contribution in [0.15, 0.2) is 53.6 Å². The summed E-state index contributed by atoms with van der Waals surface area (Å²) < 4.78 is 16.1. The second-order valence-corrected chi connectivity index (χ2v) is 6.26. The van der Waals surface area contributed by atoms with Crippen LogP contribution in [0.25, 0.3) is 10.8 Å². The number of fused-ring (bicyclic) bond motifs is 1. The van der Waals surface area contributed by atoms with Crippen molar-refractivity contribution in [2.45, 2.75) is 6.92 Å². The monoisotopic (exact) mass is 394 g/mol. The average Bonchev–Trinajstić information content (AvgIpc) is 2.75. The number of carbonyl (C=O) groups is 1. The number of hydrazone groups is 1. The van der Waals surface area contributed by atoms with Gasteiger partial charge in [0.1, 0.15) is 23.0 Å². The fraction of sp³-hybridized carbons (Fsp3) is 0.182. The molecule has 3 aromatic rings. The number of hydrogen-bond donors (Lipinski definition) is 2. The Morgan fingerprint density at radius 3 is 2.07 bits per heavy atom. The van der Waals surface area contributed by atoms with Crippen LogP contribution < -0.4 is 19.6 Å². The number of carbonyl (C=O) groups excluding carboxylic acids is 1. The van der Waals surface area contributed by atoms with E-state index in [1.54, 1.807) is 38.3 Å². The van der Waals surface area contributed by atoms with Crippen molar-refractivity contribution in [3.8, 4) is 23.0 Å². The Balaban J connectivity index is 1.92. The van der Waals surface area contributed by atoms with E-state index in [2.05, 4.69) is 10.5 Å². The third kappa shape index (κ3) is 4.08. The molecule has 0 aliphatic rings. The van der Waals surface area contributed by atoms with E-state index in [1.807, 2.05) is 24.3 Å². The number of hydrogen-bond acceptors (Lipinski definition) is 6. The molecule has 29 heavy (non-hydrogen) atoms. The zero-order valence-corrected chi connectivity index (χ0v) is 16.6. The van der Waals surface area contributed by atoms with Gasteiger partial charge in [-0.15, -0.1) is 0 Å². The SMILES string of the molecule is COc1cc(OC)c(/C(C)=N/NC(=O)c2cc3ccccc3cc2O)c(OC)c1. The molecular formula is C22H22N2O5. The van der Waals surface area contributed by atoms with Crippen LogP contribution in [0.3, 0.4) is 0 Å². The maximum atomic E-state index is 12.6. The van der Waals surface area contributed by atoms with Crippen molar-refractivity contribution in [2.75, 3.05) is 21.3 Å². The number of phenolic OH excluding ortho intramolecular Hbond substituents is 1. The molecule has 7 heteroatoms. The second kappa shape index (κ2) is 8.52. The lowest BCUT2D eigenvalue weighted by Crippen LogP contribution is -2.20. The lowest BCUT2D eigenvalue weighted by molar-refractivity contribution is 0.0952. The van der Waals surface area contributed by atoms with Crippen LogP contribution in [0.2, 0.25) is 0 Å². The highest BCUT2D eigenvalue weighted by Gasteiger charge is 2.17. The minimum Gasteiger partial charge on any atom is -0.507 e. The molecule has 3 rings (SSSR count). The fourth-order valence-corrected chi connectivity index (χ4v) is 3.02. The van der Waals surface area contributed by atoms with Crippen LogP contribution in [-0.2, 0) is 0 Å². The summed E-state index contributed by atoms with van der Waals surface area (Å²) in [5.41, 5.74) is 3.66. The molecule has 7 nitrogen and oxygen atoms in total. The first-order valence-electron chi connectivity index (χ1n) is 8.85. The van der Waals surface area contributed by atoms with Gasteiger partial charge in [-0.2, -0.15) is 5.10 Å². The number of rotatable bonds is 6. The second-order valence-electron chi connectivity index (χ2n) is 6.26. The maximum Gasteiger partial charge on any atom is 0.275 e. The Kier molecular flexibility index (Phi) is 5.87. The number of benzene rings is 3. The molecule has 0 spiro atoms. The van der Waals surface area contributed by atoms with E-state index < -0.39 is 5.91 Å². The maximum absolute atomic E-state index is 12.6. The molecule has 0 fully saturated rings. The van der Waals surface area contributed by atoms with Gasteiger partial charge in [-0.1, -0.05) is 24.3 Å². The molecule has 0 heterocycles. The molecule has 0 aromatic heterocycles. The van der Waals surface area contributed by atoms with Crippen LogP contribution in [0.4, 0.5) is 0 Å². The Morgan fingerprint density at radius 1 is 0.931 bits per heavy atom. The summed E-state index contributed by atoms with van der Waals surface area (Å²) in [6, 6.07) is 14.0. The normalized spacial score (nSPS) is 11.2. The topological polar surface area (TPSA) is 89.4 Å². The summed E-state index contributed by atoms with van der Waals surface area (Å²) in [5, 5.41) is 16.1. The van der Waals surface area contributed by atoms with Crippen molar-refractivity contribution in [3.63, 3.8) is 0 Å². The van der Waals surface area contributed by atoms with Gasteiger partial charge in [0.25, 0.3) is 5.91 Å². The lowest BCUT2D eigenvalue weighted by atomic mass is 10.1. The largest absolute Gasteiger partial charge is 0.507 e. The lowest BCUT2D eigenvalue weighted by Gasteiger charge is -2.15. The van der Waals surface area contributed by atoms with E-state index in [4.69, 9.17) is 14.2 Å². The molecule has 3 aromatic carbocycles. The average molecular weight is 394 g/mol. The van der Waals surface area contributed by atoms with E-state index in [1.165, 1.54) is 14.2 Å². The third-order valence-electron chi connectivity index (χ3n) is 4.51. The Bertz CT molecular complexity index is 1070. The summed E-state index contributed by atoms with van der Waals surface area (Å²) in [5.74, 6) is 0.906. The minimum absolute atomic E-state index is 0.117. The van der Waals surface area contributed by atoms with Crippen LogP contribution >= 0.6 is 0 Å². The molecule has 0 radical (unpaired) electrons. The number of nitrogens with one attached hydrogen (secondary N) is 1. The van der Waals surface area contributed by atoms with E-state index in [-0.39, 0.29) is 11.3 Å². The zero-order chi connectivity index (χ0) is 21.0.